The number of rotatable bonds is 3. The molecule has 286 valence electrons. The van der Waals surface area contributed by atoms with E-state index < -0.39 is 5.41 Å². The second kappa shape index (κ2) is 12.4. The zero-order valence-corrected chi connectivity index (χ0v) is 33.4. The second-order valence-corrected chi connectivity index (χ2v) is 16.7. The van der Waals surface area contributed by atoms with Gasteiger partial charge >= 0.3 is 0 Å². The van der Waals surface area contributed by atoms with Gasteiger partial charge in [-0.1, -0.05) is 176 Å². The largest absolute Gasteiger partial charge is 0.456 e. The number of fused-ring (bicyclic) bond motifs is 19. The molecule has 0 aliphatic heterocycles. The summed E-state index contributed by atoms with van der Waals surface area (Å²) in [6, 6.07) is 74.8. The van der Waals surface area contributed by atoms with E-state index in [1.165, 1.54) is 55.3 Å². The monoisotopic (exact) mass is 786 g/mol. The van der Waals surface area contributed by atoms with E-state index in [-0.39, 0.29) is 0 Å². The Morgan fingerprint density at radius 1 is 0.290 bits per heavy atom. The molecule has 0 N–H and O–H groups in total. The van der Waals surface area contributed by atoms with Crippen LogP contribution >= 0.6 is 0 Å². The zero-order valence-electron chi connectivity index (χ0n) is 33.4. The van der Waals surface area contributed by atoms with Crippen LogP contribution in [0.3, 0.4) is 0 Å². The highest BCUT2D eigenvalue weighted by Crippen LogP contribution is 2.63. The van der Waals surface area contributed by atoms with Crippen LogP contribution in [0.5, 0.6) is 0 Å². The molecule has 0 unspecified atom stereocenters. The van der Waals surface area contributed by atoms with Crippen molar-refractivity contribution >= 4 is 54.5 Å². The van der Waals surface area contributed by atoms with Crippen LogP contribution < -0.4 is 0 Å². The van der Waals surface area contributed by atoms with Crippen LogP contribution in [-0.2, 0) is 5.41 Å². The van der Waals surface area contributed by atoms with E-state index in [2.05, 4.69) is 194 Å². The van der Waals surface area contributed by atoms with Crippen LogP contribution in [0.1, 0.15) is 22.3 Å². The molecule has 0 atom stereocenters. The molecule has 2 aromatic heterocycles. The SMILES string of the molecule is c1cc(-c2ccc3oc4ccccc4c3c2)cc(-c2nc3c4ccccc4c4ccccc4c3nc2-c2ccc3c(c2)C2(c4ccccc4-c4ccccc42)c2ccccc2-3)c1. The first kappa shape index (κ1) is 33.7. The predicted octanol–water partition coefficient (Wildman–Crippen LogP) is 15.2. The molecule has 2 heterocycles. The summed E-state index contributed by atoms with van der Waals surface area (Å²) in [7, 11) is 0. The Kier molecular flexibility index (Phi) is 6.76. The van der Waals surface area contributed by atoms with Gasteiger partial charge in [0.05, 0.1) is 27.8 Å². The quantitative estimate of drug-likeness (QED) is 0.167. The lowest BCUT2D eigenvalue weighted by atomic mass is 9.70. The lowest BCUT2D eigenvalue weighted by molar-refractivity contribution is 0.669. The van der Waals surface area contributed by atoms with Crippen LogP contribution in [-0.4, -0.2) is 9.97 Å². The number of benzene rings is 10. The van der Waals surface area contributed by atoms with Crippen molar-refractivity contribution in [2.24, 2.45) is 0 Å². The Balaban J connectivity index is 1.05. The Labute approximate surface area is 357 Å². The number of hydrogen-bond acceptors (Lipinski definition) is 3. The van der Waals surface area contributed by atoms with Crippen molar-refractivity contribution in [1.82, 2.24) is 9.97 Å². The maximum absolute atomic E-state index is 6.22. The van der Waals surface area contributed by atoms with E-state index in [4.69, 9.17) is 14.4 Å². The average molecular weight is 787 g/mol. The van der Waals surface area contributed by atoms with E-state index in [1.807, 2.05) is 12.1 Å². The van der Waals surface area contributed by atoms with Crippen molar-refractivity contribution in [3.05, 3.63) is 229 Å². The number of aromatic nitrogens is 2. The van der Waals surface area contributed by atoms with Gasteiger partial charge in [0.2, 0.25) is 0 Å². The van der Waals surface area contributed by atoms with Gasteiger partial charge in [-0.3, -0.25) is 0 Å². The summed E-state index contributed by atoms with van der Waals surface area (Å²) in [5.74, 6) is 0. The van der Waals surface area contributed by atoms with Crippen LogP contribution in [0.25, 0.3) is 110 Å². The second-order valence-electron chi connectivity index (χ2n) is 16.7. The molecule has 0 saturated carbocycles. The van der Waals surface area contributed by atoms with E-state index in [1.54, 1.807) is 0 Å². The van der Waals surface area contributed by atoms with Crippen LogP contribution in [0.15, 0.2) is 211 Å². The molecule has 10 aromatic carbocycles. The highest BCUT2D eigenvalue weighted by molar-refractivity contribution is 6.23. The summed E-state index contributed by atoms with van der Waals surface area (Å²) in [6.07, 6.45) is 0. The molecule has 0 saturated heterocycles. The minimum atomic E-state index is -0.474. The van der Waals surface area contributed by atoms with E-state index in [0.717, 1.165) is 77.4 Å². The Hall–Kier alpha value is -8.14. The van der Waals surface area contributed by atoms with Gasteiger partial charge in [-0.25, -0.2) is 9.97 Å². The summed E-state index contributed by atoms with van der Waals surface area (Å²) >= 11 is 0. The summed E-state index contributed by atoms with van der Waals surface area (Å²) in [5.41, 5.74) is 19.5. The van der Waals surface area contributed by atoms with Gasteiger partial charge < -0.3 is 4.42 Å². The molecule has 12 aromatic rings. The summed E-state index contributed by atoms with van der Waals surface area (Å²) in [5, 5.41) is 6.77. The molecule has 0 radical (unpaired) electrons. The van der Waals surface area contributed by atoms with Crippen LogP contribution in [0.2, 0.25) is 0 Å². The lowest BCUT2D eigenvalue weighted by Gasteiger charge is -2.30. The molecule has 2 aliphatic carbocycles. The maximum Gasteiger partial charge on any atom is 0.135 e. The smallest absolute Gasteiger partial charge is 0.135 e. The van der Waals surface area contributed by atoms with Crippen LogP contribution in [0, 0.1) is 0 Å². The molecule has 0 fully saturated rings. The number of furan rings is 1. The van der Waals surface area contributed by atoms with Gasteiger partial charge in [0, 0.05) is 32.7 Å². The van der Waals surface area contributed by atoms with Gasteiger partial charge in [-0.05, 0) is 96.7 Å². The highest BCUT2D eigenvalue weighted by Gasteiger charge is 2.51. The normalized spacial score (nSPS) is 13.3. The van der Waals surface area contributed by atoms with E-state index >= 15 is 0 Å². The first-order chi connectivity index (χ1) is 30.7. The van der Waals surface area contributed by atoms with Crippen molar-refractivity contribution in [2.75, 3.05) is 0 Å². The predicted molar refractivity (Wildman–Crippen MR) is 254 cm³/mol. The fourth-order valence-corrected chi connectivity index (χ4v) is 11.1. The summed E-state index contributed by atoms with van der Waals surface area (Å²) < 4.78 is 6.22. The van der Waals surface area contributed by atoms with Crippen LogP contribution in [0.4, 0.5) is 0 Å². The van der Waals surface area contributed by atoms with E-state index in [9.17, 15) is 0 Å². The summed E-state index contributed by atoms with van der Waals surface area (Å²) in [6.45, 7) is 0. The molecule has 14 rings (SSSR count). The van der Waals surface area contributed by atoms with Crippen molar-refractivity contribution in [1.29, 1.82) is 0 Å². The first-order valence-corrected chi connectivity index (χ1v) is 21.3. The minimum absolute atomic E-state index is 0.474. The van der Waals surface area contributed by atoms with Crippen molar-refractivity contribution in [3.8, 4) is 55.9 Å². The van der Waals surface area contributed by atoms with Gasteiger partial charge in [-0.15, -0.1) is 0 Å². The Bertz CT molecular complexity index is 3830. The fraction of sp³-hybridized carbons (Fsp3) is 0.0169. The zero-order chi connectivity index (χ0) is 40.5. The Morgan fingerprint density at radius 2 is 0.742 bits per heavy atom. The van der Waals surface area contributed by atoms with Crippen molar-refractivity contribution < 1.29 is 4.42 Å². The molecular weight excluding hydrogens is 753 g/mol. The molecule has 3 nitrogen and oxygen atoms in total. The molecule has 62 heavy (non-hydrogen) atoms. The summed E-state index contributed by atoms with van der Waals surface area (Å²) in [4.78, 5) is 11.5. The molecular formula is C59H34N2O. The molecule has 0 amide bonds. The fourth-order valence-electron chi connectivity index (χ4n) is 11.1. The molecule has 1 spiro atoms. The lowest BCUT2D eigenvalue weighted by Crippen LogP contribution is -2.25. The molecule has 0 bridgehead atoms. The van der Waals surface area contributed by atoms with Crippen molar-refractivity contribution in [3.63, 3.8) is 0 Å². The van der Waals surface area contributed by atoms with Gasteiger partial charge in [0.15, 0.2) is 0 Å². The van der Waals surface area contributed by atoms with Crippen molar-refractivity contribution in [2.45, 2.75) is 5.41 Å². The standard InChI is InChI=1S/C59H34N2O/c1-3-22-46-39(16-1)40-17-2-4-23-47(40)58-57(46)60-55(37-15-13-14-35(32-37)36-29-31-54-48(33-36)45-21-8-12-27-53(45)62-54)56(61-58)38-28-30-44-43-20-7-11-26-51(43)59(52(44)34-38)49-24-9-5-18-41(49)42-19-6-10-25-50(42)59/h1-34H. The average Bonchev–Trinajstić information content (AvgIpc) is 3.97. The number of para-hydroxylation sites is 1. The van der Waals surface area contributed by atoms with Gasteiger partial charge in [0.1, 0.15) is 11.2 Å². The molecule has 3 heteroatoms. The number of hydrogen-bond donors (Lipinski definition) is 0. The first-order valence-electron chi connectivity index (χ1n) is 21.3. The van der Waals surface area contributed by atoms with Gasteiger partial charge in [0.25, 0.3) is 0 Å². The highest BCUT2D eigenvalue weighted by atomic mass is 16.3. The molecule has 2 aliphatic rings. The van der Waals surface area contributed by atoms with E-state index in [0.29, 0.717) is 0 Å². The topological polar surface area (TPSA) is 38.9 Å². The minimum Gasteiger partial charge on any atom is -0.456 e. The van der Waals surface area contributed by atoms with Gasteiger partial charge in [-0.2, -0.15) is 0 Å². The number of nitrogens with zero attached hydrogens (tertiary/aromatic N) is 2. The third-order valence-corrected chi connectivity index (χ3v) is 13.7. The Morgan fingerprint density at radius 3 is 1.37 bits per heavy atom. The maximum atomic E-state index is 6.22. The third kappa shape index (κ3) is 4.44. The third-order valence-electron chi connectivity index (χ3n) is 13.7.